The number of nitrogens with zero attached hydrogens (tertiary/aromatic N) is 1. The highest BCUT2D eigenvalue weighted by atomic mass is 32.2. The molecular formula is C21H30N2O3S. The van der Waals surface area contributed by atoms with Gasteiger partial charge < -0.3 is 9.72 Å². The molecule has 148 valence electrons. The molecule has 27 heavy (non-hydrogen) atoms. The third-order valence-electron chi connectivity index (χ3n) is 5.68. The van der Waals surface area contributed by atoms with Gasteiger partial charge in [-0.05, 0) is 57.0 Å². The molecule has 3 rings (SSSR count). The first kappa shape index (κ1) is 20.0. The van der Waals surface area contributed by atoms with E-state index in [-0.39, 0.29) is 5.75 Å². The molecule has 1 aromatic carbocycles. The number of rotatable bonds is 6. The number of benzene rings is 1. The van der Waals surface area contributed by atoms with Crippen LogP contribution in [0.1, 0.15) is 45.7 Å². The lowest BCUT2D eigenvalue weighted by Crippen LogP contribution is -2.43. The number of H-pyrrole nitrogens is 1. The molecular weight excluding hydrogens is 360 g/mol. The van der Waals surface area contributed by atoms with Crippen molar-refractivity contribution in [3.63, 3.8) is 0 Å². The molecule has 1 saturated heterocycles. The van der Waals surface area contributed by atoms with Gasteiger partial charge in [0.25, 0.3) is 0 Å². The summed E-state index contributed by atoms with van der Waals surface area (Å²) in [5, 5.41) is 0. The smallest absolute Gasteiger partial charge is 0.178 e. The predicted octanol–water partition coefficient (Wildman–Crippen LogP) is 4.25. The van der Waals surface area contributed by atoms with Gasteiger partial charge in [-0.15, -0.1) is 0 Å². The van der Waals surface area contributed by atoms with E-state index in [4.69, 9.17) is 4.74 Å². The normalized spacial score (nSPS) is 21.3. The summed E-state index contributed by atoms with van der Waals surface area (Å²) in [4.78, 5) is 6.34. The minimum Gasteiger partial charge on any atom is -0.496 e. The van der Waals surface area contributed by atoms with E-state index in [0.29, 0.717) is 22.7 Å². The van der Waals surface area contributed by atoms with Gasteiger partial charge in [0.1, 0.15) is 5.75 Å². The summed E-state index contributed by atoms with van der Waals surface area (Å²) < 4.78 is 30.0. The van der Waals surface area contributed by atoms with E-state index in [9.17, 15) is 8.42 Å². The molecule has 6 heteroatoms. The van der Waals surface area contributed by atoms with Crippen molar-refractivity contribution >= 4 is 9.84 Å². The number of aromatic amines is 1. The average molecular weight is 391 g/mol. The number of methoxy groups -OCH3 is 1. The van der Waals surface area contributed by atoms with Gasteiger partial charge >= 0.3 is 0 Å². The van der Waals surface area contributed by atoms with Crippen LogP contribution in [-0.4, -0.2) is 43.2 Å². The fourth-order valence-corrected chi connectivity index (χ4v) is 4.84. The zero-order valence-electron chi connectivity index (χ0n) is 16.7. The van der Waals surface area contributed by atoms with Gasteiger partial charge in [-0.3, -0.25) is 4.90 Å². The van der Waals surface area contributed by atoms with Crippen LogP contribution in [0.2, 0.25) is 0 Å². The van der Waals surface area contributed by atoms with Crippen LogP contribution >= 0.6 is 0 Å². The molecule has 1 fully saturated rings. The Hall–Kier alpha value is -1.79. The molecule has 5 nitrogen and oxygen atoms in total. The molecule has 0 saturated carbocycles. The monoisotopic (exact) mass is 390 g/mol. The van der Waals surface area contributed by atoms with Gasteiger partial charge in [-0.2, -0.15) is 0 Å². The second kappa shape index (κ2) is 8.07. The lowest BCUT2D eigenvalue weighted by molar-refractivity contribution is 0.0940. The van der Waals surface area contributed by atoms with Crippen molar-refractivity contribution in [2.24, 2.45) is 0 Å². The van der Waals surface area contributed by atoms with Crippen LogP contribution < -0.4 is 4.74 Å². The van der Waals surface area contributed by atoms with Gasteiger partial charge in [-0.25, -0.2) is 8.42 Å². The highest BCUT2D eigenvalue weighted by Crippen LogP contribution is 2.33. The summed E-state index contributed by atoms with van der Waals surface area (Å²) in [6.07, 6.45) is 3.77. The van der Waals surface area contributed by atoms with Crippen LogP contribution in [0.3, 0.4) is 0 Å². The SMILES string of the molecule is CCS(=O)(=O)c1ccc(OC)c(-c2ccc(CN3C(C)CCCC3C)[nH]2)c1. The van der Waals surface area contributed by atoms with Crippen LogP contribution in [0.25, 0.3) is 11.3 Å². The molecule has 2 heterocycles. The van der Waals surface area contributed by atoms with Crippen molar-refractivity contribution in [1.82, 2.24) is 9.88 Å². The standard InChI is InChI=1S/C21H30N2O3S/c1-5-27(24,25)18-10-12-21(26-4)19(13-18)20-11-9-17(22-20)14-23-15(2)7-6-8-16(23)3/h9-13,15-16,22H,5-8,14H2,1-4H3. The number of sulfone groups is 1. The van der Waals surface area contributed by atoms with Crippen molar-refractivity contribution in [3.05, 3.63) is 36.0 Å². The number of likely N-dealkylation sites (tertiary alicyclic amines) is 1. The van der Waals surface area contributed by atoms with E-state index in [1.807, 2.05) is 6.07 Å². The molecule has 1 aliphatic rings. The highest BCUT2D eigenvalue weighted by molar-refractivity contribution is 7.91. The lowest BCUT2D eigenvalue weighted by atomic mass is 9.97. The number of hydrogen-bond donors (Lipinski definition) is 1. The van der Waals surface area contributed by atoms with Crippen molar-refractivity contribution in [2.75, 3.05) is 12.9 Å². The van der Waals surface area contributed by atoms with Crippen molar-refractivity contribution in [2.45, 2.75) is 63.6 Å². The fourth-order valence-electron chi connectivity index (χ4n) is 3.93. The first-order chi connectivity index (χ1) is 12.9. The third-order valence-corrected chi connectivity index (χ3v) is 7.41. The van der Waals surface area contributed by atoms with Crippen LogP contribution in [0.15, 0.2) is 35.2 Å². The Balaban J connectivity index is 1.90. The van der Waals surface area contributed by atoms with E-state index in [0.717, 1.165) is 23.5 Å². The topological polar surface area (TPSA) is 62.4 Å². The average Bonchev–Trinajstić information content (AvgIpc) is 3.13. The predicted molar refractivity (Wildman–Crippen MR) is 109 cm³/mol. The van der Waals surface area contributed by atoms with E-state index >= 15 is 0 Å². The molecule has 1 aromatic heterocycles. The fraction of sp³-hybridized carbons (Fsp3) is 0.524. The Morgan fingerprint density at radius 3 is 2.48 bits per heavy atom. The molecule has 0 amide bonds. The summed E-state index contributed by atoms with van der Waals surface area (Å²) in [7, 11) is -1.66. The first-order valence-electron chi connectivity index (χ1n) is 9.70. The zero-order chi connectivity index (χ0) is 19.6. The molecule has 2 atom stereocenters. The van der Waals surface area contributed by atoms with Gasteiger partial charge in [0.15, 0.2) is 9.84 Å². The maximum atomic E-state index is 12.3. The molecule has 0 bridgehead atoms. The summed E-state index contributed by atoms with van der Waals surface area (Å²) in [5.41, 5.74) is 2.79. The first-order valence-corrected chi connectivity index (χ1v) is 11.4. The molecule has 0 aliphatic carbocycles. The number of aromatic nitrogens is 1. The van der Waals surface area contributed by atoms with Crippen LogP contribution in [0, 0.1) is 0 Å². The van der Waals surface area contributed by atoms with Gasteiger partial charge in [0.05, 0.1) is 17.8 Å². The van der Waals surface area contributed by atoms with Gasteiger partial charge in [0, 0.05) is 35.6 Å². The number of ether oxygens (including phenoxy) is 1. The van der Waals surface area contributed by atoms with Crippen LogP contribution in [-0.2, 0) is 16.4 Å². The molecule has 2 unspecified atom stereocenters. The van der Waals surface area contributed by atoms with Gasteiger partial charge in [-0.1, -0.05) is 13.3 Å². The Labute approximate surface area is 162 Å². The lowest BCUT2D eigenvalue weighted by Gasteiger charge is -2.38. The maximum Gasteiger partial charge on any atom is 0.178 e. The number of hydrogen-bond acceptors (Lipinski definition) is 4. The quantitative estimate of drug-likeness (QED) is 0.801. The Bertz CT molecular complexity index is 879. The molecule has 0 radical (unpaired) electrons. The van der Waals surface area contributed by atoms with Crippen molar-refractivity contribution < 1.29 is 13.2 Å². The largest absolute Gasteiger partial charge is 0.496 e. The molecule has 2 aromatic rings. The second-order valence-electron chi connectivity index (χ2n) is 7.46. The van der Waals surface area contributed by atoms with E-state index in [1.165, 1.54) is 19.3 Å². The third kappa shape index (κ3) is 4.22. The van der Waals surface area contributed by atoms with E-state index in [2.05, 4.69) is 29.8 Å². The summed E-state index contributed by atoms with van der Waals surface area (Å²) >= 11 is 0. The Kier molecular flexibility index (Phi) is 5.96. The molecule has 0 spiro atoms. The van der Waals surface area contributed by atoms with Crippen LogP contribution in [0.4, 0.5) is 0 Å². The summed E-state index contributed by atoms with van der Waals surface area (Å²) in [6, 6.07) is 10.3. The number of nitrogens with one attached hydrogen (secondary N) is 1. The molecule has 1 aliphatic heterocycles. The Morgan fingerprint density at radius 1 is 1.15 bits per heavy atom. The molecule has 1 N–H and O–H groups in total. The second-order valence-corrected chi connectivity index (χ2v) is 9.74. The van der Waals surface area contributed by atoms with E-state index in [1.54, 1.807) is 32.2 Å². The summed E-state index contributed by atoms with van der Waals surface area (Å²) in [6.45, 7) is 7.12. The zero-order valence-corrected chi connectivity index (χ0v) is 17.5. The minimum atomic E-state index is -3.26. The number of piperidine rings is 1. The van der Waals surface area contributed by atoms with Crippen molar-refractivity contribution in [3.8, 4) is 17.0 Å². The van der Waals surface area contributed by atoms with Crippen LogP contribution in [0.5, 0.6) is 5.75 Å². The maximum absolute atomic E-state index is 12.3. The Morgan fingerprint density at radius 2 is 1.85 bits per heavy atom. The van der Waals surface area contributed by atoms with Gasteiger partial charge in [0.2, 0.25) is 0 Å². The minimum absolute atomic E-state index is 0.0828. The summed E-state index contributed by atoms with van der Waals surface area (Å²) in [5.74, 6) is 0.748. The van der Waals surface area contributed by atoms with E-state index < -0.39 is 9.84 Å². The van der Waals surface area contributed by atoms with Crippen molar-refractivity contribution in [1.29, 1.82) is 0 Å². The highest BCUT2D eigenvalue weighted by Gasteiger charge is 2.25.